The minimum absolute atomic E-state index is 0.467. The summed E-state index contributed by atoms with van der Waals surface area (Å²) in [5.41, 5.74) is 0.467. The van der Waals surface area contributed by atoms with Crippen molar-refractivity contribution >= 4 is 0 Å². The molecule has 2 rings (SSSR count). The molecular formula is C17H32N2. The van der Waals surface area contributed by atoms with Crippen LogP contribution in [0.4, 0.5) is 0 Å². The molecule has 1 unspecified atom stereocenters. The lowest BCUT2D eigenvalue weighted by molar-refractivity contribution is 0.0733. The lowest BCUT2D eigenvalue weighted by atomic mass is 9.83. The summed E-state index contributed by atoms with van der Waals surface area (Å²) in [6, 6.07) is 0.672. The summed E-state index contributed by atoms with van der Waals surface area (Å²) in [7, 11) is 0. The van der Waals surface area contributed by atoms with E-state index in [1.165, 1.54) is 64.5 Å². The molecule has 0 bridgehead atoms. The number of nitrogens with one attached hydrogen (secondary N) is 1. The molecule has 2 heteroatoms. The molecule has 0 aromatic heterocycles. The number of nitrogens with zero attached hydrogens (tertiary/aromatic N) is 1. The third kappa shape index (κ3) is 3.41. The lowest BCUT2D eigenvalue weighted by Crippen LogP contribution is -2.59. The van der Waals surface area contributed by atoms with Gasteiger partial charge in [0.05, 0.1) is 0 Å². The molecule has 2 nitrogen and oxygen atoms in total. The highest BCUT2D eigenvalue weighted by Crippen LogP contribution is 2.41. The summed E-state index contributed by atoms with van der Waals surface area (Å²) >= 11 is 0. The van der Waals surface area contributed by atoms with Crippen LogP contribution < -0.4 is 5.32 Å². The second-order valence-corrected chi connectivity index (χ2v) is 6.38. The predicted molar refractivity (Wildman–Crippen MR) is 83.5 cm³/mol. The monoisotopic (exact) mass is 264 g/mol. The van der Waals surface area contributed by atoms with Gasteiger partial charge in [-0.3, -0.25) is 4.90 Å². The molecule has 2 fully saturated rings. The van der Waals surface area contributed by atoms with Crippen LogP contribution in [0.25, 0.3) is 0 Å². The molecule has 19 heavy (non-hydrogen) atoms. The Morgan fingerprint density at radius 2 is 1.89 bits per heavy atom. The summed E-state index contributed by atoms with van der Waals surface area (Å²) in [6.07, 6.45) is 14.2. The first-order valence-corrected chi connectivity index (χ1v) is 8.43. The topological polar surface area (TPSA) is 15.3 Å². The summed E-state index contributed by atoms with van der Waals surface area (Å²) in [5.74, 6) is 0. The zero-order valence-electron chi connectivity index (χ0n) is 12.8. The second kappa shape index (κ2) is 7.44. The number of likely N-dealkylation sites (tertiary alicyclic amines) is 1. The van der Waals surface area contributed by atoms with Crippen LogP contribution in [-0.4, -0.2) is 36.1 Å². The fourth-order valence-corrected chi connectivity index (χ4v) is 4.20. The summed E-state index contributed by atoms with van der Waals surface area (Å²) in [5, 5.41) is 3.87. The highest BCUT2D eigenvalue weighted by molar-refractivity contribution is 5.05. The minimum Gasteiger partial charge on any atom is -0.312 e. The molecule has 1 saturated heterocycles. The number of hydrogen-bond donors (Lipinski definition) is 1. The molecule has 0 spiro atoms. The maximum atomic E-state index is 3.92. The molecule has 1 aliphatic heterocycles. The maximum absolute atomic E-state index is 3.92. The van der Waals surface area contributed by atoms with Gasteiger partial charge < -0.3 is 5.32 Å². The maximum Gasteiger partial charge on any atom is 0.0362 e. The van der Waals surface area contributed by atoms with E-state index in [4.69, 9.17) is 0 Å². The van der Waals surface area contributed by atoms with Crippen molar-refractivity contribution < 1.29 is 0 Å². The third-order valence-corrected chi connectivity index (χ3v) is 5.15. The van der Waals surface area contributed by atoms with Crippen molar-refractivity contribution in [1.29, 1.82) is 0 Å². The largest absolute Gasteiger partial charge is 0.312 e. The van der Waals surface area contributed by atoms with E-state index in [1.807, 2.05) is 0 Å². The molecule has 1 saturated carbocycles. The molecule has 1 aliphatic carbocycles. The molecule has 0 aromatic carbocycles. The Morgan fingerprint density at radius 3 is 2.47 bits per heavy atom. The average Bonchev–Trinajstić information content (AvgIpc) is 3.10. The van der Waals surface area contributed by atoms with E-state index in [9.17, 15) is 0 Å². The second-order valence-electron chi connectivity index (χ2n) is 6.38. The SMILES string of the molecule is C=CCCC(NCCC)C1(N2CCCC2)CCCC1. The van der Waals surface area contributed by atoms with Gasteiger partial charge in [0.15, 0.2) is 0 Å². The van der Waals surface area contributed by atoms with E-state index in [-0.39, 0.29) is 0 Å². The molecule has 0 amide bonds. The van der Waals surface area contributed by atoms with E-state index in [2.05, 4.69) is 29.8 Å². The van der Waals surface area contributed by atoms with Gasteiger partial charge in [-0.25, -0.2) is 0 Å². The molecule has 110 valence electrons. The van der Waals surface area contributed by atoms with Gasteiger partial charge >= 0.3 is 0 Å². The van der Waals surface area contributed by atoms with E-state index in [1.54, 1.807) is 0 Å². The van der Waals surface area contributed by atoms with Crippen LogP contribution in [0.3, 0.4) is 0 Å². The Labute approximate surface area is 119 Å². The predicted octanol–water partition coefficient (Wildman–Crippen LogP) is 3.73. The quantitative estimate of drug-likeness (QED) is 0.672. The van der Waals surface area contributed by atoms with Gasteiger partial charge in [0.25, 0.3) is 0 Å². The Morgan fingerprint density at radius 1 is 1.21 bits per heavy atom. The Hall–Kier alpha value is -0.340. The molecule has 0 radical (unpaired) electrons. The first kappa shape index (κ1) is 15.1. The van der Waals surface area contributed by atoms with Crippen LogP contribution in [-0.2, 0) is 0 Å². The zero-order chi connectivity index (χ0) is 13.6. The van der Waals surface area contributed by atoms with Gasteiger partial charge in [-0.05, 0) is 64.6 Å². The van der Waals surface area contributed by atoms with Crippen LogP contribution in [0, 0.1) is 0 Å². The number of rotatable bonds is 8. The Kier molecular flexibility index (Phi) is 5.90. The van der Waals surface area contributed by atoms with Gasteiger partial charge in [0, 0.05) is 11.6 Å². The highest BCUT2D eigenvalue weighted by atomic mass is 15.2. The Bertz CT molecular complexity index is 262. The van der Waals surface area contributed by atoms with Crippen molar-refractivity contribution in [3.63, 3.8) is 0 Å². The molecule has 0 aromatic rings. The summed E-state index contributed by atoms with van der Waals surface area (Å²) in [6.45, 7) is 10.0. The van der Waals surface area contributed by atoms with Crippen molar-refractivity contribution in [2.45, 2.75) is 76.3 Å². The average molecular weight is 264 g/mol. The summed E-state index contributed by atoms with van der Waals surface area (Å²) < 4.78 is 0. The van der Waals surface area contributed by atoms with Crippen LogP contribution in [0.1, 0.15) is 64.7 Å². The first-order chi connectivity index (χ1) is 9.33. The fourth-order valence-electron chi connectivity index (χ4n) is 4.20. The Balaban J connectivity index is 2.09. The summed E-state index contributed by atoms with van der Waals surface area (Å²) in [4.78, 5) is 2.83. The smallest absolute Gasteiger partial charge is 0.0362 e. The van der Waals surface area contributed by atoms with E-state index >= 15 is 0 Å². The van der Waals surface area contributed by atoms with E-state index < -0.39 is 0 Å². The van der Waals surface area contributed by atoms with Crippen molar-refractivity contribution in [3.8, 4) is 0 Å². The third-order valence-electron chi connectivity index (χ3n) is 5.15. The van der Waals surface area contributed by atoms with Crippen molar-refractivity contribution in [2.75, 3.05) is 19.6 Å². The minimum atomic E-state index is 0.467. The van der Waals surface area contributed by atoms with E-state index in [0.29, 0.717) is 11.6 Å². The fraction of sp³-hybridized carbons (Fsp3) is 0.882. The standard InChI is InChI=1S/C17H32N2/c1-3-5-10-16(18-13-4-2)17(11-6-7-12-17)19-14-8-9-15-19/h3,16,18H,1,4-15H2,2H3. The first-order valence-electron chi connectivity index (χ1n) is 8.43. The highest BCUT2D eigenvalue weighted by Gasteiger charge is 2.45. The molecule has 2 aliphatic rings. The van der Waals surface area contributed by atoms with Gasteiger partial charge in [-0.15, -0.1) is 6.58 Å². The van der Waals surface area contributed by atoms with Crippen molar-refractivity contribution in [1.82, 2.24) is 10.2 Å². The molecule has 1 atom stereocenters. The molecule has 1 N–H and O–H groups in total. The van der Waals surface area contributed by atoms with Crippen LogP contribution in [0.2, 0.25) is 0 Å². The molecule has 1 heterocycles. The molecular weight excluding hydrogens is 232 g/mol. The van der Waals surface area contributed by atoms with Gasteiger partial charge in [0.1, 0.15) is 0 Å². The van der Waals surface area contributed by atoms with Crippen LogP contribution in [0.5, 0.6) is 0 Å². The van der Waals surface area contributed by atoms with Gasteiger partial charge in [-0.2, -0.15) is 0 Å². The number of allylic oxidation sites excluding steroid dienone is 1. The van der Waals surface area contributed by atoms with Crippen LogP contribution >= 0.6 is 0 Å². The van der Waals surface area contributed by atoms with E-state index in [0.717, 1.165) is 13.0 Å². The zero-order valence-corrected chi connectivity index (χ0v) is 12.8. The van der Waals surface area contributed by atoms with Crippen molar-refractivity contribution in [2.24, 2.45) is 0 Å². The van der Waals surface area contributed by atoms with Gasteiger partial charge in [-0.1, -0.05) is 25.8 Å². The van der Waals surface area contributed by atoms with Gasteiger partial charge in [0.2, 0.25) is 0 Å². The lowest BCUT2D eigenvalue weighted by Gasteiger charge is -2.45. The number of hydrogen-bond acceptors (Lipinski definition) is 2. The normalized spacial score (nSPS) is 24.7. The van der Waals surface area contributed by atoms with Crippen LogP contribution in [0.15, 0.2) is 12.7 Å². The van der Waals surface area contributed by atoms with Crippen molar-refractivity contribution in [3.05, 3.63) is 12.7 Å².